The van der Waals surface area contributed by atoms with Gasteiger partial charge < -0.3 is 18.9 Å². The Morgan fingerprint density at radius 1 is 0.597 bits per heavy atom. The number of aromatic nitrogens is 1. The fourth-order valence-corrected chi connectivity index (χ4v) is 10.3. The highest BCUT2D eigenvalue weighted by molar-refractivity contribution is 6.98. The Hall–Kier alpha value is -6.46. The number of rotatable bonds is 5. The maximum atomic E-state index is 7.13. The number of anilines is 3. The molecule has 306 valence electrons. The summed E-state index contributed by atoms with van der Waals surface area (Å²) in [6, 6.07) is 53.8. The smallest absolute Gasteiger partial charge is 0.281 e. The number of nitrogens with zero attached hydrogens (tertiary/aromatic N) is 2. The molecule has 0 fully saturated rings. The quantitative estimate of drug-likeness (QED) is 0.162. The van der Waals surface area contributed by atoms with Gasteiger partial charge in [-0.3, -0.25) is 0 Å². The molecule has 0 atom stereocenters. The van der Waals surface area contributed by atoms with Crippen LogP contribution in [0.5, 0.6) is 23.0 Å². The molecule has 2 aliphatic heterocycles. The van der Waals surface area contributed by atoms with E-state index < -0.39 is 0 Å². The zero-order chi connectivity index (χ0) is 42.5. The Kier molecular flexibility index (Phi) is 8.88. The number of hydrogen-bond acceptors (Lipinski definition) is 3. The molecule has 0 unspecified atom stereocenters. The van der Waals surface area contributed by atoms with Crippen LogP contribution < -0.4 is 30.9 Å². The SMILES string of the molecule is Cc1cc2c3c(c1)Oc1c4c(n(-c5cccc6ccccc56)c1B3c1ccc(N(c3ccc(C(C)(C)C)cc3)c3ccc(C(C)(C)C)cc3-c3ccccc3)cc1O2)CCCC4. The number of fused-ring (bicyclic) bond motifs is 7. The van der Waals surface area contributed by atoms with E-state index in [1.54, 1.807) is 0 Å². The van der Waals surface area contributed by atoms with Crippen LogP contribution in [0.3, 0.4) is 0 Å². The Bertz CT molecular complexity index is 3050. The van der Waals surface area contributed by atoms with Gasteiger partial charge in [-0.2, -0.15) is 0 Å². The summed E-state index contributed by atoms with van der Waals surface area (Å²) in [5, 5.41) is 2.49. The van der Waals surface area contributed by atoms with Gasteiger partial charge in [0.2, 0.25) is 0 Å². The van der Waals surface area contributed by atoms with Gasteiger partial charge in [-0.1, -0.05) is 133 Å². The third-order valence-electron chi connectivity index (χ3n) is 13.5. The third kappa shape index (κ3) is 6.27. The fourth-order valence-electron chi connectivity index (χ4n) is 10.3. The van der Waals surface area contributed by atoms with Gasteiger partial charge in [0, 0.05) is 50.7 Å². The summed E-state index contributed by atoms with van der Waals surface area (Å²) in [5.41, 5.74) is 16.8. The van der Waals surface area contributed by atoms with Gasteiger partial charge in [0.1, 0.15) is 23.0 Å². The van der Waals surface area contributed by atoms with Crippen molar-refractivity contribution >= 4 is 51.1 Å². The van der Waals surface area contributed by atoms with Crippen molar-refractivity contribution in [2.75, 3.05) is 4.90 Å². The molecule has 3 heterocycles. The molecule has 62 heavy (non-hydrogen) atoms. The second kappa shape index (κ2) is 14.3. The first kappa shape index (κ1) is 38.5. The van der Waals surface area contributed by atoms with Crippen molar-refractivity contribution in [3.8, 4) is 39.8 Å². The van der Waals surface area contributed by atoms with Crippen LogP contribution in [-0.2, 0) is 23.7 Å². The first-order valence-electron chi connectivity index (χ1n) is 22.4. The molecule has 5 heteroatoms. The zero-order valence-corrected chi connectivity index (χ0v) is 37.0. The van der Waals surface area contributed by atoms with Crippen molar-refractivity contribution in [3.63, 3.8) is 0 Å². The van der Waals surface area contributed by atoms with Crippen LogP contribution >= 0.6 is 0 Å². The summed E-state index contributed by atoms with van der Waals surface area (Å²) in [4.78, 5) is 2.43. The topological polar surface area (TPSA) is 26.6 Å². The van der Waals surface area contributed by atoms with Gasteiger partial charge >= 0.3 is 0 Å². The standard InChI is InChI=1S/C57H53BN2O2/c1-36-32-51-53-52(33-36)62-54-44-21-13-14-22-48(44)60(47-23-15-19-37-18-11-12-20-43(37)47)55(54)58(53)46-30-29-42(35-50(46)61-51)59(41-27-24-39(25-28-41)56(2,3)4)49-31-26-40(57(5,6)7)34-45(49)38-16-9-8-10-17-38/h8-12,15-20,23-35H,13-14,21-22H2,1-7H3. The van der Waals surface area contributed by atoms with Crippen molar-refractivity contribution < 1.29 is 9.47 Å². The predicted molar refractivity (Wildman–Crippen MR) is 260 cm³/mol. The molecule has 3 aliphatic rings. The van der Waals surface area contributed by atoms with E-state index in [-0.39, 0.29) is 17.5 Å². The number of benzene rings is 7. The highest BCUT2D eigenvalue weighted by atomic mass is 16.5. The predicted octanol–water partition coefficient (Wildman–Crippen LogP) is 13.3. The van der Waals surface area contributed by atoms with Crippen LogP contribution in [0.4, 0.5) is 17.1 Å². The molecule has 4 nitrogen and oxygen atoms in total. The molecule has 0 saturated heterocycles. The lowest BCUT2D eigenvalue weighted by Gasteiger charge is -2.35. The highest BCUT2D eigenvalue weighted by Crippen LogP contribution is 2.46. The first-order valence-corrected chi connectivity index (χ1v) is 22.4. The van der Waals surface area contributed by atoms with E-state index in [1.165, 1.54) is 62.0 Å². The average Bonchev–Trinajstić information content (AvgIpc) is 3.59. The summed E-state index contributed by atoms with van der Waals surface area (Å²) in [6.45, 7) is 15.8. The first-order chi connectivity index (χ1) is 29.9. The Morgan fingerprint density at radius 2 is 1.27 bits per heavy atom. The van der Waals surface area contributed by atoms with E-state index in [0.717, 1.165) is 75.8 Å². The number of ether oxygens (including phenoxy) is 2. The molecule has 0 N–H and O–H groups in total. The van der Waals surface area contributed by atoms with Gasteiger partial charge in [-0.25, -0.2) is 0 Å². The summed E-state index contributed by atoms with van der Waals surface area (Å²) < 4.78 is 16.8. The highest BCUT2D eigenvalue weighted by Gasteiger charge is 2.45. The van der Waals surface area contributed by atoms with E-state index in [4.69, 9.17) is 9.47 Å². The van der Waals surface area contributed by atoms with E-state index in [0.29, 0.717) is 0 Å². The van der Waals surface area contributed by atoms with E-state index in [1.807, 2.05) is 0 Å². The lowest BCUT2D eigenvalue weighted by molar-refractivity contribution is 0.459. The Labute approximate surface area is 366 Å². The van der Waals surface area contributed by atoms with Crippen molar-refractivity contribution in [3.05, 3.63) is 174 Å². The monoisotopic (exact) mass is 808 g/mol. The maximum absolute atomic E-state index is 7.13. The Morgan fingerprint density at radius 3 is 2.05 bits per heavy atom. The van der Waals surface area contributed by atoms with Crippen molar-refractivity contribution in [1.82, 2.24) is 4.57 Å². The van der Waals surface area contributed by atoms with E-state index >= 15 is 0 Å². The summed E-state index contributed by atoms with van der Waals surface area (Å²) in [7, 11) is 0. The van der Waals surface area contributed by atoms with Gasteiger partial charge in [0.25, 0.3) is 6.71 Å². The van der Waals surface area contributed by atoms with Gasteiger partial charge in [0.05, 0.1) is 11.4 Å². The van der Waals surface area contributed by atoms with Crippen LogP contribution in [0, 0.1) is 6.92 Å². The van der Waals surface area contributed by atoms with Crippen molar-refractivity contribution in [2.24, 2.45) is 0 Å². The molecule has 1 aliphatic carbocycles. The van der Waals surface area contributed by atoms with Crippen molar-refractivity contribution in [2.45, 2.75) is 85.0 Å². The van der Waals surface area contributed by atoms with Crippen LogP contribution in [0.15, 0.2) is 146 Å². The lowest BCUT2D eigenvalue weighted by atomic mass is 9.36. The molecule has 0 spiro atoms. The largest absolute Gasteiger partial charge is 0.458 e. The van der Waals surface area contributed by atoms with E-state index in [2.05, 4.69) is 204 Å². The second-order valence-electron chi connectivity index (χ2n) is 19.7. The zero-order valence-electron chi connectivity index (χ0n) is 37.0. The van der Waals surface area contributed by atoms with Crippen LogP contribution in [-0.4, -0.2) is 11.3 Å². The molecule has 1 aromatic heterocycles. The van der Waals surface area contributed by atoms with Crippen molar-refractivity contribution in [1.29, 1.82) is 0 Å². The Balaban J connectivity index is 1.15. The lowest BCUT2D eigenvalue weighted by Crippen LogP contribution is -2.59. The van der Waals surface area contributed by atoms with E-state index in [9.17, 15) is 0 Å². The van der Waals surface area contributed by atoms with Crippen LogP contribution in [0.1, 0.15) is 82.3 Å². The summed E-state index contributed by atoms with van der Waals surface area (Å²) in [6.07, 6.45) is 4.36. The minimum Gasteiger partial charge on any atom is -0.458 e. The molecular weight excluding hydrogens is 755 g/mol. The molecule has 11 rings (SSSR count). The summed E-state index contributed by atoms with van der Waals surface area (Å²) >= 11 is 0. The second-order valence-corrected chi connectivity index (χ2v) is 19.7. The molecule has 7 aromatic carbocycles. The molecule has 0 saturated carbocycles. The molecule has 0 bridgehead atoms. The normalized spacial score (nSPS) is 14.0. The van der Waals surface area contributed by atoms with Crippen LogP contribution in [0.2, 0.25) is 0 Å². The van der Waals surface area contributed by atoms with Crippen LogP contribution in [0.25, 0.3) is 27.6 Å². The molecule has 0 radical (unpaired) electrons. The van der Waals surface area contributed by atoms with Gasteiger partial charge in [-0.15, -0.1) is 0 Å². The molecule has 0 amide bonds. The minimum atomic E-state index is -0.0859. The van der Waals surface area contributed by atoms with Gasteiger partial charge in [0.15, 0.2) is 0 Å². The summed E-state index contributed by atoms with van der Waals surface area (Å²) in [5.74, 6) is 3.68. The molecule has 8 aromatic rings. The number of hydrogen-bond donors (Lipinski definition) is 0. The average molecular weight is 809 g/mol. The minimum absolute atomic E-state index is 0.0171. The van der Waals surface area contributed by atoms with Gasteiger partial charge in [-0.05, 0) is 125 Å². The third-order valence-corrected chi connectivity index (χ3v) is 13.5. The fraction of sp³-hybridized carbons (Fsp3) is 0.228. The molecular formula is C57H53BN2O2. The number of aryl methyl sites for hydroxylation is 1. The maximum Gasteiger partial charge on any atom is 0.281 e.